The standard InChI is InChI=1S/C15H28N2/c1-3-7-13(8-4-1)15-16-11-12-17(15)14-9-5-2-6-10-14/h13-16H,1-12H2. The lowest BCUT2D eigenvalue weighted by Gasteiger charge is -2.39. The number of hydrogen-bond acceptors (Lipinski definition) is 2. The Balaban J connectivity index is 1.61. The molecule has 1 N–H and O–H groups in total. The van der Waals surface area contributed by atoms with Crippen LogP contribution in [0, 0.1) is 5.92 Å². The maximum absolute atomic E-state index is 3.80. The molecule has 1 saturated heterocycles. The molecule has 0 spiro atoms. The zero-order chi connectivity index (χ0) is 11.5. The van der Waals surface area contributed by atoms with Crippen molar-refractivity contribution in [2.75, 3.05) is 13.1 Å². The molecule has 1 aliphatic heterocycles. The van der Waals surface area contributed by atoms with Crippen LogP contribution in [-0.2, 0) is 0 Å². The van der Waals surface area contributed by atoms with Gasteiger partial charge in [0, 0.05) is 19.1 Å². The van der Waals surface area contributed by atoms with E-state index in [1.54, 1.807) is 0 Å². The van der Waals surface area contributed by atoms with Crippen molar-refractivity contribution >= 4 is 0 Å². The fourth-order valence-electron chi connectivity index (χ4n) is 4.31. The zero-order valence-electron chi connectivity index (χ0n) is 11.2. The first-order valence-corrected chi connectivity index (χ1v) is 7.94. The fourth-order valence-corrected chi connectivity index (χ4v) is 4.31. The monoisotopic (exact) mass is 236 g/mol. The molecule has 2 aliphatic carbocycles. The largest absolute Gasteiger partial charge is 0.300 e. The summed E-state index contributed by atoms with van der Waals surface area (Å²) in [7, 11) is 0. The smallest absolute Gasteiger partial charge is 0.0629 e. The SMILES string of the molecule is C1CCC(C2NCCN2C2CCCCC2)CC1. The molecular weight excluding hydrogens is 208 g/mol. The average molecular weight is 236 g/mol. The molecule has 3 rings (SSSR count). The van der Waals surface area contributed by atoms with Gasteiger partial charge in [0.2, 0.25) is 0 Å². The minimum atomic E-state index is 0.735. The molecule has 0 bridgehead atoms. The summed E-state index contributed by atoms with van der Waals surface area (Å²) in [6, 6.07) is 0.908. The summed E-state index contributed by atoms with van der Waals surface area (Å²) in [5, 5.41) is 3.80. The van der Waals surface area contributed by atoms with Crippen LogP contribution in [0.3, 0.4) is 0 Å². The van der Waals surface area contributed by atoms with E-state index in [9.17, 15) is 0 Å². The van der Waals surface area contributed by atoms with Crippen LogP contribution >= 0.6 is 0 Å². The van der Waals surface area contributed by atoms with Gasteiger partial charge in [0.15, 0.2) is 0 Å². The molecule has 0 aromatic rings. The number of nitrogens with zero attached hydrogens (tertiary/aromatic N) is 1. The van der Waals surface area contributed by atoms with E-state index in [2.05, 4.69) is 10.2 Å². The molecule has 3 fully saturated rings. The van der Waals surface area contributed by atoms with Crippen LogP contribution in [0.15, 0.2) is 0 Å². The van der Waals surface area contributed by atoms with Crippen LogP contribution in [0.2, 0.25) is 0 Å². The molecule has 0 radical (unpaired) electrons. The van der Waals surface area contributed by atoms with Crippen LogP contribution in [0.4, 0.5) is 0 Å². The van der Waals surface area contributed by atoms with E-state index in [1.807, 2.05) is 0 Å². The quantitative estimate of drug-likeness (QED) is 0.792. The van der Waals surface area contributed by atoms with Crippen LogP contribution in [0.25, 0.3) is 0 Å². The van der Waals surface area contributed by atoms with E-state index in [0.717, 1.165) is 18.1 Å². The van der Waals surface area contributed by atoms with E-state index in [-0.39, 0.29) is 0 Å². The minimum Gasteiger partial charge on any atom is -0.300 e. The van der Waals surface area contributed by atoms with Crippen molar-refractivity contribution in [2.24, 2.45) is 5.92 Å². The van der Waals surface area contributed by atoms with Gasteiger partial charge >= 0.3 is 0 Å². The predicted octanol–water partition coefficient (Wildman–Crippen LogP) is 3.13. The van der Waals surface area contributed by atoms with E-state index in [1.165, 1.54) is 77.3 Å². The lowest BCUT2D eigenvalue weighted by atomic mass is 9.85. The second kappa shape index (κ2) is 5.71. The van der Waals surface area contributed by atoms with Gasteiger partial charge in [-0.3, -0.25) is 4.90 Å². The highest BCUT2D eigenvalue weighted by Crippen LogP contribution is 2.33. The van der Waals surface area contributed by atoms with Crippen molar-refractivity contribution < 1.29 is 0 Å². The topological polar surface area (TPSA) is 15.3 Å². The highest BCUT2D eigenvalue weighted by atomic mass is 15.3. The molecule has 98 valence electrons. The molecule has 1 atom stereocenters. The first-order chi connectivity index (χ1) is 8.45. The highest BCUT2D eigenvalue weighted by molar-refractivity contribution is 4.90. The van der Waals surface area contributed by atoms with Gasteiger partial charge in [-0.05, 0) is 31.6 Å². The Kier molecular flexibility index (Phi) is 4.02. The highest BCUT2D eigenvalue weighted by Gasteiger charge is 2.36. The number of rotatable bonds is 2. The summed E-state index contributed by atoms with van der Waals surface area (Å²) in [6.45, 7) is 2.55. The van der Waals surface area contributed by atoms with Gasteiger partial charge in [-0.2, -0.15) is 0 Å². The Morgan fingerprint density at radius 2 is 1.41 bits per heavy atom. The van der Waals surface area contributed by atoms with E-state index in [0.29, 0.717) is 0 Å². The van der Waals surface area contributed by atoms with Crippen molar-refractivity contribution in [1.29, 1.82) is 0 Å². The summed E-state index contributed by atoms with van der Waals surface area (Å²) in [5.41, 5.74) is 0. The molecule has 0 aromatic heterocycles. The Morgan fingerprint density at radius 3 is 2.12 bits per heavy atom. The van der Waals surface area contributed by atoms with Gasteiger partial charge in [-0.1, -0.05) is 38.5 Å². The van der Waals surface area contributed by atoms with E-state index < -0.39 is 0 Å². The van der Waals surface area contributed by atoms with Gasteiger partial charge in [0.05, 0.1) is 6.17 Å². The van der Waals surface area contributed by atoms with Gasteiger partial charge in [0.25, 0.3) is 0 Å². The second-order valence-electron chi connectivity index (χ2n) is 6.33. The first kappa shape index (κ1) is 12.0. The molecule has 0 aromatic carbocycles. The Hall–Kier alpha value is -0.0800. The van der Waals surface area contributed by atoms with E-state index >= 15 is 0 Å². The normalized spacial score (nSPS) is 34.2. The number of nitrogens with one attached hydrogen (secondary N) is 1. The van der Waals surface area contributed by atoms with E-state index in [4.69, 9.17) is 0 Å². The summed E-state index contributed by atoms with van der Waals surface area (Å²) in [4.78, 5) is 2.84. The van der Waals surface area contributed by atoms with Crippen molar-refractivity contribution in [3.63, 3.8) is 0 Å². The summed E-state index contributed by atoms with van der Waals surface area (Å²) >= 11 is 0. The third-order valence-corrected chi connectivity index (χ3v) is 5.22. The Morgan fingerprint density at radius 1 is 0.765 bits per heavy atom. The number of hydrogen-bond donors (Lipinski definition) is 1. The third kappa shape index (κ3) is 2.68. The predicted molar refractivity (Wildman–Crippen MR) is 71.9 cm³/mol. The summed E-state index contributed by atoms with van der Waals surface area (Å²) in [5.74, 6) is 0.952. The van der Waals surface area contributed by atoms with Gasteiger partial charge < -0.3 is 5.32 Å². The van der Waals surface area contributed by atoms with Gasteiger partial charge in [-0.25, -0.2) is 0 Å². The maximum atomic E-state index is 3.80. The van der Waals surface area contributed by atoms with Gasteiger partial charge in [-0.15, -0.1) is 0 Å². The van der Waals surface area contributed by atoms with Crippen LogP contribution in [0.1, 0.15) is 64.2 Å². The molecule has 17 heavy (non-hydrogen) atoms. The van der Waals surface area contributed by atoms with Crippen LogP contribution < -0.4 is 5.32 Å². The molecule has 2 heteroatoms. The van der Waals surface area contributed by atoms with Crippen LogP contribution in [-0.4, -0.2) is 30.2 Å². The maximum Gasteiger partial charge on any atom is 0.0629 e. The lowest BCUT2D eigenvalue weighted by Crippen LogP contribution is -2.48. The molecule has 1 heterocycles. The Labute approximate surface area is 106 Å². The van der Waals surface area contributed by atoms with Crippen molar-refractivity contribution in [1.82, 2.24) is 10.2 Å². The molecule has 0 amide bonds. The summed E-state index contributed by atoms with van der Waals surface area (Å²) < 4.78 is 0. The zero-order valence-corrected chi connectivity index (χ0v) is 11.2. The molecule has 2 saturated carbocycles. The van der Waals surface area contributed by atoms with Crippen LogP contribution in [0.5, 0.6) is 0 Å². The third-order valence-electron chi connectivity index (χ3n) is 5.22. The second-order valence-corrected chi connectivity index (χ2v) is 6.33. The van der Waals surface area contributed by atoms with Crippen molar-refractivity contribution in [2.45, 2.75) is 76.4 Å². The molecule has 1 unspecified atom stereocenters. The fraction of sp³-hybridized carbons (Fsp3) is 1.00. The van der Waals surface area contributed by atoms with Crippen molar-refractivity contribution in [3.8, 4) is 0 Å². The Bertz CT molecular complexity index is 205. The first-order valence-electron chi connectivity index (χ1n) is 7.94. The molecule has 2 nitrogen and oxygen atoms in total. The van der Waals surface area contributed by atoms with Gasteiger partial charge in [0.1, 0.15) is 0 Å². The lowest BCUT2D eigenvalue weighted by molar-refractivity contribution is 0.0821. The average Bonchev–Trinajstić information content (AvgIpc) is 2.90. The summed E-state index contributed by atoms with van der Waals surface area (Å²) in [6.07, 6.45) is 15.5. The van der Waals surface area contributed by atoms with Crippen molar-refractivity contribution in [3.05, 3.63) is 0 Å². The minimum absolute atomic E-state index is 0.735. The molecular formula is C15H28N2. The molecule has 3 aliphatic rings.